The van der Waals surface area contributed by atoms with E-state index in [4.69, 9.17) is 4.98 Å². The van der Waals surface area contributed by atoms with Gasteiger partial charge < -0.3 is 14.8 Å². The summed E-state index contributed by atoms with van der Waals surface area (Å²) in [5.74, 6) is 0.824. The van der Waals surface area contributed by atoms with E-state index in [1.54, 1.807) is 28.0 Å². The molecule has 148 valence electrons. The highest BCUT2D eigenvalue weighted by atomic mass is 32.2. The Morgan fingerprint density at radius 1 is 1.07 bits per heavy atom. The van der Waals surface area contributed by atoms with E-state index in [0.717, 1.165) is 60.9 Å². The van der Waals surface area contributed by atoms with Crippen molar-refractivity contribution in [3.05, 3.63) is 56.4 Å². The van der Waals surface area contributed by atoms with Crippen molar-refractivity contribution >= 4 is 33.3 Å². The Kier molecular flexibility index (Phi) is 5.87. The summed E-state index contributed by atoms with van der Waals surface area (Å²) in [4.78, 5) is 26.8. The predicted molar refractivity (Wildman–Crippen MR) is 117 cm³/mol. The van der Waals surface area contributed by atoms with Gasteiger partial charge in [-0.15, -0.1) is 23.1 Å². The molecule has 0 amide bonds. The van der Waals surface area contributed by atoms with E-state index in [-0.39, 0.29) is 5.56 Å². The van der Waals surface area contributed by atoms with E-state index in [1.165, 1.54) is 20.2 Å². The number of nitrogens with one attached hydrogen (secondary N) is 3. The lowest BCUT2D eigenvalue weighted by atomic mass is 10.2. The van der Waals surface area contributed by atoms with Crippen LogP contribution in [0.2, 0.25) is 0 Å². The van der Waals surface area contributed by atoms with Gasteiger partial charge in [0.15, 0.2) is 5.82 Å². The number of hydrogen-bond donors (Lipinski definition) is 3. The van der Waals surface area contributed by atoms with E-state index in [9.17, 15) is 4.79 Å². The molecule has 1 aliphatic rings. The zero-order chi connectivity index (χ0) is 19.7. The van der Waals surface area contributed by atoms with Crippen LogP contribution >= 0.6 is 23.1 Å². The van der Waals surface area contributed by atoms with Crippen molar-refractivity contribution in [3.8, 4) is 0 Å². The highest BCUT2D eigenvalue weighted by Gasteiger charge is 2.24. The number of nitrogens with zero attached hydrogens (tertiary/aromatic N) is 1. The standard InChI is InChI=1S/C21H26N4OS2/c1-14-15(2)28-21-19(14)20(26)22-18(23-21)13-25-10-8-24(9-11-25)12-16-4-6-17(27-3)7-5-16/h4-7H,8-13H2,1-3H3,(H,22,23,26)/p+2. The zero-order valence-electron chi connectivity index (χ0n) is 16.7. The van der Waals surface area contributed by atoms with Crippen LogP contribution in [0.4, 0.5) is 0 Å². The summed E-state index contributed by atoms with van der Waals surface area (Å²) in [6, 6.07) is 8.94. The Morgan fingerprint density at radius 2 is 1.71 bits per heavy atom. The van der Waals surface area contributed by atoms with Crippen LogP contribution in [0.3, 0.4) is 0 Å². The molecule has 0 atom stereocenters. The van der Waals surface area contributed by atoms with Crippen molar-refractivity contribution in [2.75, 3.05) is 32.4 Å². The lowest BCUT2D eigenvalue weighted by Gasteiger charge is -2.29. The topological polar surface area (TPSA) is 54.6 Å². The minimum Gasteiger partial charge on any atom is -0.322 e. The average molecular weight is 417 g/mol. The van der Waals surface area contributed by atoms with Gasteiger partial charge in [-0.2, -0.15) is 0 Å². The number of hydrogen-bond acceptors (Lipinski definition) is 4. The molecule has 4 rings (SSSR count). The van der Waals surface area contributed by atoms with Crippen LogP contribution < -0.4 is 15.4 Å². The molecule has 0 radical (unpaired) electrons. The minimum absolute atomic E-state index is 0.0131. The molecule has 0 spiro atoms. The molecular weight excluding hydrogens is 388 g/mol. The normalized spacial score (nSPS) is 20.0. The smallest absolute Gasteiger partial charge is 0.260 e. The molecule has 3 heterocycles. The highest BCUT2D eigenvalue weighted by Crippen LogP contribution is 2.25. The van der Waals surface area contributed by atoms with Crippen LogP contribution in [0.25, 0.3) is 10.2 Å². The highest BCUT2D eigenvalue weighted by molar-refractivity contribution is 7.98. The fourth-order valence-electron chi connectivity index (χ4n) is 3.96. The fourth-order valence-corrected chi connectivity index (χ4v) is 5.42. The Balaban J connectivity index is 1.36. The number of fused-ring (bicyclic) bond motifs is 1. The first kappa shape index (κ1) is 19.6. The van der Waals surface area contributed by atoms with Crippen LogP contribution in [0.15, 0.2) is 34.0 Å². The second-order valence-electron chi connectivity index (χ2n) is 7.68. The maximum absolute atomic E-state index is 12.5. The van der Waals surface area contributed by atoms with E-state index < -0.39 is 0 Å². The number of rotatable bonds is 5. The maximum atomic E-state index is 12.5. The summed E-state index contributed by atoms with van der Waals surface area (Å²) in [6.07, 6.45) is 2.11. The van der Waals surface area contributed by atoms with Gasteiger partial charge in [0.05, 0.1) is 5.39 Å². The number of H-pyrrole nitrogens is 1. The number of piperazine rings is 1. The average Bonchev–Trinajstić information content (AvgIpc) is 2.98. The Morgan fingerprint density at radius 3 is 2.36 bits per heavy atom. The lowest BCUT2D eigenvalue weighted by Crippen LogP contribution is -3.27. The first-order valence-corrected chi connectivity index (χ1v) is 11.9. The van der Waals surface area contributed by atoms with Gasteiger partial charge in [0, 0.05) is 15.3 Å². The second-order valence-corrected chi connectivity index (χ2v) is 9.76. The molecule has 0 aliphatic carbocycles. The molecule has 7 heteroatoms. The molecule has 1 aliphatic heterocycles. The third-order valence-electron chi connectivity index (χ3n) is 5.78. The number of quaternary nitrogens is 2. The van der Waals surface area contributed by atoms with E-state index in [1.807, 2.05) is 6.92 Å². The van der Waals surface area contributed by atoms with Crippen LogP contribution in [-0.4, -0.2) is 42.4 Å². The molecule has 1 saturated heterocycles. The molecular formula is C21H28N4OS2+2. The molecule has 0 unspecified atom stereocenters. The van der Waals surface area contributed by atoms with Crippen LogP contribution in [0.1, 0.15) is 21.8 Å². The van der Waals surface area contributed by atoms with Gasteiger partial charge >= 0.3 is 0 Å². The van der Waals surface area contributed by atoms with Gasteiger partial charge in [-0.05, 0) is 37.8 Å². The van der Waals surface area contributed by atoms with E-state index in [0.29, 0.717) is 0 Å². The Labute approximate surface area is 173 Å². The van der Waals surface area contributed by atoms with Crippen molar-refractivity contribution in [3.63, 3.8) is 0 Å². The summed E-state index contributed by atoms with van der Waals surface area (Å²) < 4.78 is 0. The van der Waals surface area contributed by atoms with Gasteiger partial charge in [0.25, 0.3) is 5.56 Å². The van der Waals surface area contributed by atoms with Crippen molar-refractivity contribution in [1.29, 1.82) is 0 Å². The third-order valence-corrected chi connectivity index (χ3v) is 7.63. The Bertz CT molecular complexity index is 1020. The fraction of sp³-hybridized carbons (Fsp3) is 0.429. The summed E-state index contributed by atoms with van der Waals surface area (Å²) in [6.45, 7) is 10.5. The number of aryl methyl sites for hydroxylation is 2. The molecule has 5 nitrogen and oxygen atoms in total. The van der Waals surface area contributed by atoms with Crippen molar-refractivity contribution < 1.29 is 9.80 Å². The molecule has 3 aromatic rings. The summed E-state index contributed by atoms with van der Waals surface area (Å²) in [5, 5.41) is 0.767. The monoisotopic (exact) mass is 416 g/mol. The molecule has 0 bridgehead atoms. The van der Waals surface area contributed by atoms with Gasteiger partial charge in [-0.25, -0.2) is 4.98 Å². The van der Waals surface area contributed by atoms with Gasteiger partial charge in [0.2, 0.25) is 0 Å². The SMILES string of the molecule is CSc1ccc(C[NH+]2CC[NH+](Cc3nc4sc(C)c(C)c4c(=O)[nH]3)CC2)cc1. The van der Waals surface area contributed by atoms with Crippen LogP contribution in [-0.2, 0) is 13.1 Å². The van der Waals surface area contributed by atoms with Gasteiger partial charge in [0.1, 0.15) is 44.1 Å². The molecule has 1 aromatic carbocycles. The Hall–Kier alpha value is -1.67. The van der Waals surface area contributed by atoms with Crippen LogP contribution in [0.5, 0.6) is 0 Å². The first-order chi connectivity index (χ1) is 13.5. The van der Waals surface area contributed by atoms with Gasteiger partial charge in [-0.1, -0.05) is 12.1 Å². The number of thioether (sulfide) groups is 1. The van der Waals surface area contributed by atoms with Crippen molar-refractivity contribution in [2.24, 2.45) is 0 Å². The van der Waals surface area contributed by atoms with E-state index in [2.05, 4.69) is 42.4 Å². The molecule has 28 heavy (non-hydrogen) atoms. The number of aromatic nitrogens is 2. The zero-order valence-corrected chi connectivity index (χ0v) is 18.4. The summed E-state index contributed by atoms with van der Waals surface area (Å²) in [5.41, 5.74) is 2.49. The van der Waals surface area contributed by atoms with Crippen LogP contribution in [0, 0.1) is 13.8 Å². The van der Waals surface area contributed by atoms with Crippen molar-refractivity contribution in [2.45, 2.75) is 31.8 Å². The largest absolute Gasteiger partial charge is 0.322 e. The predicted octanol–water partition coefficient (Wildman–Crippen LogP) is 0.807. The van der Waals surface area contributed by atoms with Crippen molar-refractivity contribution in [1.82, 2.24) is 9.97 Å². The van der Waals surface area contributed by atoms with Gasteiger partial charge in [-0.3, -0.25) is 4.79 Å². The molecule has 2 aromatic heterocycles. The number of benzene rings is 1. The number of thiophene rings is 1. The second kappa shape index (κ2) is 8.37. The molecule has 0 saturated carbocycles. The third kappa shape index (κ3) is 4.17. The van der Waals surface area contributed by atoms with E-state index >= 15 is 0 Å². The summed E-state index contributed by atoms with van der Waals surface area (Å²) >= 11 is 3.42. The molecule has 1 fully saturated rings. The maximum Gasteiger partial charge on any atom is 0.260 e. The summed E-state index contributed by atoms with van der Waals surface area (Å²) in [7, 11) is 0. The minimum atomic E-state index is 0.0131. The first-order valence-electron chi connectivity index (χ1n) is 9.82. The molecule has 3 N–H and O–H groups in total. The lowest BCUT2D eigenvalue weighted by molar-refractivity contribution is -1.02. The quantitative estimate of drug-likeness (QED) is 0.540. The number of aromatic amines is 1.